The number of nitrogens with one attached hydrogen (secondary N) is 2. The summed E-state index contributed by atoms with van der Waals surface area (Å²) in [5, 5.41) is 5.78. The van der Waals surface area contributed by atoms with Crippen LogP contribution in [0.2, 0.25) is 0 Å². The number of amides is 1. The van der Waals surface area contributed by atoms with E-state index in [-0.39, 0.29) is 16.2 Å². The Morgan fingerprint density at radius 3 is 2.16 bits per heavy atom. The number of nitrogens with zero attached hydrogens (tertiary/aromatic N) is 1. The summed E-state index contributed by atoms with van der Waals surface area (Å²) < 4.78 is 38.7. The first-order valence-electron chi connectivity index (χ1n) is 13.1. The Morgan fingerprint density at radius 1 is 0.791 bits per heavy atom. The smallest absolute Gasteiger partial charge is 0.343 e. The van der Waals surface area contributed by atoms with E-state index in [4.69, 9.17) is 9.47 Å². The van der Waals surface area contributed by atoms with Gasteiger partial charge in [0.2, 0.25) is 0 Å². The summed E-state index contributed by atoms with van der Waals surface area (Å²) in [6, 6.07) is 30.0. The highest BCUT2D eigenvalue weighted by atomic mass is 32.2. The number of hydrazone groups is 1. The molecule has 0 spiro atoms. The third-order valence-electron chi connectivity index (χ3n) is 6.55. The van der Waals surface area contributed by atoms with Crippen molar-refractivity contribution in [2.45, 2.75) is 11.8 Å². The van der Waals surface area contributed by atoms with Gasteiger partial charge in [-0.25, -0.2) is 18.6 Å². The number of carbonyl (C=O) groups is 2. The van der Waals surface area contributed by atoms with Crippen LogP contribution in [0.1, 0.15) is 31.8 Å². The monoisotopic (exact) mass is 593 g/mol. The van der Waals surface area contributed by atoms with Gasteiger partial charge in [-0.15, -0.1) is 0 Å². The number of hydrogen-bond acceptors (Lipinski definition) is 7. The zero-order valence-corrected chi connectivity index (χ0v) is 24.1. The van der Waals surface area contributed by atoms with Gasteiger partial charge in [0.25, 0.3) is 15.9 Å². The zero-order valence-electron chi connectivity index (χ0n) is 23.3. The lowest BCUT2D eigenvalue weighted by atomic mass is 10.0. The number of anilines is 1. The molecule has 9 nitrogen and oxygen atoms in total. The minimum Gasteiger partial charge on any atom is -0.497 e. The molecule has 0 radical (unpaired) electrons. The Bertz CT molecular complexity index is 1920. The summed E-state index contributed by atoms with van der Waals surface area (Å²) in [5.41, 5.74) is 4.83. The van der Waals surface area contributed by atoms with Crippen molar-refractivity contribution in [2.75, 3.05) is 11.8 Å². The van der Waals surface area contributed by atoms with Crippen molar-refractivity contribution in [3.8, 4) is 11.5 Å². The second-order valence-electron chi connectivity index (χ2n) is 9.51. The van der Waals surface area contributed by atoms with E-state index in [1.54, 1.807) is 49.6 Å². The van der Waals surface area contributed by atoms with Crippen molar-refractivity contribution in [3.05, 3.63) is 131 Å². The number of methoxy groups -OCH3 is 1. The summed E-state index contributed by atoms with van der Waals surface area (Å²) in [5.74, 6) is -0.192. The van der Waals surface area contributed by atoms with Crippen LogP contribution in [-0.2, 0) is 10.0 Å². The molecule has 0 aliphatic rings. The number of hydrogen-bond donors (Lipinski definition) is 2. The summed E-state index contributed by atoms with van der Waals surface area (Å²) in [7, 11) is -2.23. The topological polar surface area (TPSA) is 123 Å². The molecule has 0 aromatic heterocycles. The van der Waals surface area contributed by atoms with Crippen LogP contribution >= 0.6 is 0 Å². The van der Waals surface area contributed by atoms with E-state index in [0.29, 0.717) is 22.6 Å². The molecule has 10 heteroatoms. The SMILES string of the molecule is COc1ccc(C(=O)Oc2ccc3ccccc3c2/C=N\NC(=O)c2ccc(NS(=O)(=O)c3ccc(C)cc3)cc2)cc1. The number of benzene rings is 5. The number of fused-ring (bicyclic) bond motifs is 1. The fraction of sp³-hybridized carbons (Fsp3) is 0.0606. The molecule has 1 amide bonds. The van der Waals surface area contributed by atoms with E-state index in [1.165, 1.54) is 42.6 Å². The van der Waals surface area contributed by atoms with Crippen molar-refractivity contribution in [2.24, 2.45) is 5.10 Å². The van der Waals surface area contributed by atoms with Crippen LogP contribution in [0.15, 0.2) is 119 Å². The van der Waals surface area contributed by atoms with Crippen molar-refractivity contribution in [1.29, 1.82) is 0 Å². The molecule has 5 aromatic rings. The van der Waals surface area contributed by atoms with Gasteiger partial charge in [-0.1, -0.05) is 48.0 Å². The third kappa shape index (κ3) is 6.88. The number of sulfonamides is 1. The van der Waals surface area contributed by atoms with Gasteiger partial charge >= 0.3 is 5.97 Å². The van der Waals surface area contributed by atoms with Crippen LogP contribution in [0.25, 0.3) is 10.8 Å². The lowest BCUT2D eigenvalue weighted by molar-refractivity contribution is 0.0734. The summed E-state index contributed by atoms with van der Waals surface area (Å²) in [6.07, 6.45) is 1.42. The predicted molar refractivity (Wildman–Crippen MR) is 165 cm³/mol. The maximum absolute atomic E-state index is 12.9. The number of esters is 1. The number of carbonyl (C=O) groups excluding carboxylic acids is 2. The van der Waals surface area contributed by atoms with Gasteiger partial charge in [-0.3, -0.25) is 9.52 Å². The molecule has 0 fully saturated rings. The van der Waals surface area contributed by atoms with E-state index >= 15 is 0 Å². The van der Waals surface area contributed by atoms with E-state index < -0.39 is 21.9 Å². The summed E-state index contributed by atoms with van der Waals surface area (Å²) in [4.78, 5) is 25.8. The molecule has 0 heterocycles. The lowest BCUT2D eigenvalue weighted by Crippen LogP contribution is -2.18. The zero-order chi connectivity index (χ0) is 30.4. The average Bonchev–Trinajstić information content (AvgIpc) is 3.02. The molecule has 0 bridgehead atoms. The number of ether oxygens (including phenoxy) is 2. The molecule has 0 saturated heterocycles. The van der Waals surface area contributed by atoms with Crippen LogP contribution in [0.3, 0.4) is 0 Å². The van der Waals surface area contributed by atoms with Gasteiger partial charge in [-0.2, -0.15) is 5.10 Å². The third-order valence-corrected chi connectivity index (χ3v) is 7.95. The molecular weight excluding hydrogens is 566 g/mol. The first-order chi connectivity index (χ1) is 20.7. The molecule has 0 atom stereocenters. The molecule has 0 unspecified atom stereocenters. The predicted octanol–water partition coefficient (Wildman–Crippen LogP) is 5.94. The highest BCUT2D eigenvalue weighted by Crippen LogP contribution is 2.28. The van der Waals surface area contributed by atoms with Crippen molar-refractivity contribution >= 4 is 44.6 Å². The van der Waals surface area contributed by atoms with Crippen molar-refractivity contribution in [3.63, 3.8) is 0 Å². The molecule has 216 valence electrons. The average molecular weight is 594 g/mol. The van der Waals surface area contributed by atoms with Gasteiger partial charge < -0.3 is 9.47 Å². The van der Waals surface area contributed by atoms with Gasteiger partial charge in [0, 0.05) is 16.8 Å². The largest absolute Gasteiger partial charge is 0.497 e. The Morgan fingerprint density at radius 2 is 1.47 bits per heavy atom. The van der Waals surface area contributed by atoms with Crippen LogP contribution in [-0.4, -0.2) is 33.6 Å². The first kappa shape index (κ1) is 29.0. The second-order valence-corrected chi connectivity index (χ2v) is 11.2. The van der Waals surface area contributed by atoms with Gasteiger partial charge in [-0.05, 0) is 84.4 Å². The minimum atomic E-state index is -3.78. The quantitative estimate of drug-likeness (QED) is 0.0944. The van der Waals surface area contributed by atoms with Crippen LogP contribution in [0.4, 0.5) is 5.69 Å². The normalized spacial score (nSPS) is 11.3. The van der Waals surface area contributed by atoms with Gasteiger partial charge in [0.1, 0.15) is 11.5 Å². The molecule has 0 aliphatic heterocycles. The Kier molecular flexibility index (Phi) is 8.49. The van der Waals surface area contributed by atoms with E-state index in [0.717, 1.165) is 16.3 Å². The maximum atomic E-state index is 12.9. The van der Waals surface area contributed by atoms with Crippen LogP contribution in [0.5, 0.6) is 11.5 Å². The minimum absolute atomic E-state index is 0.136. The molecule has 0 saturated carbocycles. The first-order valence-corrected chi connectivity index (χ1v) is 14.6. The Hall–Kier alpha value is -5.48. The highest BCUT2D eigenvalue weighted by molar-refractivity contribution is 7.92. The van der Waals surface area contributed by atoms with Crippen LogP contribution in [0, 0.1) is 6.92 Å². The molecule has 5 rings (SSSR count). The van der Waals surface area contributed by atoms with Crippen LogP contribution < -0.4 is 19.6 Å². The highest BCUT2D eigenvalue weighted by Gasteiger charge is 2.16. The Balaban J connectivity index is 1.30. The van der Waals surface area contributed by atoms with Crippen molar-refractivity contribution in [1.82, 2.24) is 5.43 Å². The van der Waals surface area contributed by atoms with Gasteiger partial charge in [0.15, 0.2) is 0 Å². The second kappa shape index (κ2) is 12.6. The van der Waals surface area contributed by atoms with Gasteiger partial charge in [0.05, 0.1) is 23.8 Å². The Labute approximate surface area is 248 Å². The maximum Gasteiger partial charge on any atom is 0.343 e. The molecule has 2 N–H and O–H groups in total. The fourth-order valence-electron chi connectivity index (χ4n) is 4.22. The van der Waals surface area contributed by atoms with Crippen molar-refractivity contribution < 1.29 is 27.5 Å². The fourth-order valence-corrected chi connectivity index (χ4v) is 5.28. The van der Waals surface area contributed by atoms with E-state index in [2.05, 4.69) is 15.2 Å². The molecule has 0 aliphatic carbocycles. The summed E-state index contributed by atoms with van der Waals surface area (Å²) in [6.45, 7) is 1.87. The molecule has 5 aromatic carbocycles. The van der Waals surface area contributed by atoms with E-state index in [9.17, 15) is 18.0 Å². The van der Waals surface area contributed by atoms with E-state index in [1.807, 2.05) is 37.3 Å². The molecule has 43 heavy (non-hydrogen) atoms. The standard InChI is InChI=1S/C33H27N3O6S/c1-22-7-18-28(19-8-22)43(39,40)36-26-14-9-24(10-15-26)32(37)35-34-21-30-29-6-4-3-5-23(29)13-20-31(30)42-33(38)25-11-16-27(41-2)17-12-25/h3-21,36H,1-2H3,(H,35,37)/b34-21-. The number of rotatable bonds is 9. The number of aryl methyl sites for hydroxylation is 1. The molecular formula is C33H27N3O6S. The lowest BCUT2D eigenvalue weighted by Gasteiger charge is -2.11. The summed E-state index contributed by atoms with van der Waals surface area (Å²) >= 11 is 0.